The molecule has 0 saturated carbocycles. The van der Waals surface area contributed by atoms with Crippen LogP contribution in [-0.2, 0) is 4.79 Å². The van der Waals surface area contributed by atoms with E-state index in [0.29, 0.717) is 12.1 Å². The average Bonchev–Trinajstić information content (AvgIpc) is 2.73. The molecule has 2 amide bonds. The fourth-order valence-electron chi connectivity index (χ4n) is 3.85. The summed E-state index contributed by atoms with van der Waals surface area (Å²) >= 11 is 0. The van der Waals surface area contributed by atoms with E-state index >= 15 is 0 Å². The van der Waals surface area contributed by atoms with Gasteiger partial charge in [-0.3, -0.25) is 9.59 Å². The highest BCUT2D eigenvalue weighted by atomic mass is 19.1. The van der Waals surface area contributed by atoms with Gasteiger partial charge < -0.3 is 10.2 Å². The first kappa shape index (κ1) is 21.0. The molecule has 2 aromatic rings. The van der Waals surface area contributed by atoms with Crippen LogP contribution in [0.25, 0.3) is 0 Å². The summed E-state index contributed by atoms with van der Waals surface area (Å²) in [6.45, 7) is 6.40. The molecule has 1 fully saturated rings. The molecule has 1 N–H and O–H groups in total. The van der Waals surface area contributed by atoms with Crippen molar-refractivity contribution in [1.29, 1.82) is 0 Å². The van der Waals surface area contributed by atoms with Crippen LogP contribution >= 0.6 is 0 Å². The van der Waals surface area contributed by atoms with Gasteiger partial charge in [0, 0.05) is 18.2 Å². The maximum absolute atomic E-state index is 13.3. The van der Waals surface area contributed by atoms with E-state index in [9.17, 15) is 14.0 Å². The second kappa shape index (κ2) is 9.21. The van der Waals surface area contributed by atoms with Crippen LogP contribution in [0.3, 0.4) is 0 Å². The Kier molecular flexibility index (Phi) is 6.68. The van der Waals surface area contributed by atoms with Gasteiger partial charge in [0.2, 0.25) is 5.91 Å². The van der Waals surface area contributed by atoms with Crippen LogP contribution in [0, 0.1) is 18.7 Å². The minimum atomic E-state index is -0.374. The molecule has 1 heterocycles. The molecule has 0 bridgehead atoms. The molecule has 2 aromatic carbocycles. The fraction of sp³-hybridized carbons (Fsp3) is 0.417. The van der Waals surface area contributed by atoms with Gasteiger partial charge in [-0.1, -0.05) is 36.8 Å². The summed E-state index contributed by atoms with van der Waals surface area (Å²) in [5.41, 5.74) is 2.64. The third-order valence-electron chi connectivity index (χ3n) is 5.73. The molecule has 0 spiro atoms. The molecular weight excluding hydrogens is 367 g/mol. The number of hydrogen-bond donors (Lipinski definition) is 1. The van der Waals surface area contributed by atoms with Crippen LogP contribution in [0.4, 0.5) is 4.39 Å². The first-order valence-electron chi connectivity index (χ1n) is 10.3. The zero-order chi connectivity index (χ0) is 21.0. The van der Waals surface area contributed by atoms with Gasteiger partial charge in [-0.15, -0.1) is 0 Å². The number of amides is 2. The monoisotopic (exact) mass is 396 g/mol. The van der Waals surface area contributed by atoms with Crippen LogP contribution in [0.15, 0.2) is 48.5 Å². The van der Waals surface area contributed by atoms with Crippen molar-refractivity contribution in [3.05, 3.63) is 71.0 Å². The smallest absolute Gasteiger partial charge is 0.254 e. The number of likely N-dealkylation sites (tertiary alicyclic amines) is 1. The molecule has 0 unspecified atom stereocenters. The number of piperidine rings is 1. The summed E-state index contributed by atoms with van der Waals surface area (Å²) in [7, 11) is 0. The molecular formula is C24H29FN2O2. The fourth-order valence-corrected chi connectivity index (χ4v) is 3.85. The maximum atomic E-state index is 13.3. The van der Waals surface area contributed by atoms with E-state index in [4.69, 9.17) is 0 Å². The van der Waals surface area contributed by atoms with Crippen molar-refractivity contribution in [2.45, 2.75) is 52.1 Å². The largest absolute Gasteiger partial charge is 0.353 e. The third kappa shape index (κ3) is 5.03. The Morgan fingerprint density at radius 2 is 1.90 bits per heavy atom. The van der Waals surface area contributed by atoms with Gasteiger partial charge in [-0.2, -0.15) is 0 Å². The highest BCUT2D eigenvalue weighted by Crippen LogP contribution is 2.35. The Labute approximate surface area is 172 Å². The van der Waals surface area contributed by atoms with Crippen LogP contribution < -0.4 is 5.32 Å². The summed E-state index contributed by atoms with van der Waals surface area (Å²) in [5.74, 6) is -0.785. The SMILES string of the molecule is CC[C@H](C)NC(=O)[C@H]1CC[C@H](c2cccc(C)c2)N(C(=O)c2ccc(F)cc2)C1. The van der Waals surface area contributed by atoms with Gasteiger partial charge in [0.15, 0.2) is 0 Å². The van der Waals surface area contributed by atoms with Crippen LogP contribution in [0.5, 0.6) is 0 Å². The Morgan fingerprint density at radius 1 is 1.17 bits per heavy atom. The van der Waals surface area contributed by atoms with Crippen LogP contribution in [0.1, 0.15) is 60.6 Å². The molecule has 4 nitrogen and oxygen atoms in total. The minimum Gasteiger partial charge on any atom is -0.353 e. The molecule has 5 heteroatoms. The molecule has 0 aromatic heterocycles. The zero-order valence-electron chi connectivity index (χ0n) is 17.3. The Bertz CT molecular complexity index is 865. The predicted octanol–water partition coefficient (Wildman–Crippen LogP) is 4.64. The lowest BCUT2D eigenvalue weighted by atomic mass is 9.87. The lowest BCUT2D eigenvalue weighted by molar-refractivity contribution is -0.127. The highest BCUT2D eigenvalue weighted by Gasteiger charge is 2.36. The molecule has 1 saturated heterocycles. The summed E-state index contributed by atoms with van der Waals surface area (Å²) in [6.07, 6.45) is 2.31. The van der Waals surface area contributed by atoms with E-state index in [2.05, 4.69) is 11.4 Å². The highest BCUT2D eigenvalue weighted by molar-refractivity contribution is 5.95. The number of carbonyl (C=O) groups excluding carboxylic acids is 2. The number of hydrogen-bond acceptors (Lipinski definition) is 2. The van der Waals surface area contributed by atoms with E-state index in [1.807, 2.05) is 39.0 Å². The molecule has 0 aliphatic carbocycles. The van der Waals surface area contributed by atoms with Gasteiger partial charge in [0.05, 0.1) is 12.0 Å². The molecule has 0 radical (unpaired) electrons. The molecule has 3 atom stereocenters. The van der Waals surface area contributed by atoms with Crippen molar-refractivity contribution in [2.24, 2.45) is 5.92 Å². The predicted molar refractivity (Wildman–Crippen MR) is 112 cm³/mol. The number of aryl methyl sites for hydroxylation is 1. The number of nitrogens with zero attached hydrogens (tertiary/aromatic N) is 1. The van der Waals surface area contributed by atoms with E-state index in [-0.39, 0.29) is 35.6 Å². The summed E-state index contributed by atoms with van der Waals surface area (Å²) < 4.78 is 13.3. The van der Waals surface area contributed by atoms with Crippen molar-refractivity contribution < 1.29 is 14.0 Å². The van der Waals surface area contributed by atoms with Crippen molar-refractivity contribution >= 4 is 11.8 Å². The van der Waals surface area contributed by atoms with Crippen molar-refractivity contribution in [1.82, 2.24) is 10.2 Å². The summed E-state index contributed by atoms with van der Waals surface area (Å²) in [5, 5.41) is 3.04. The maximum Gasteiger partial charge on any atom is 0.254 e. The second-order valence-electron chi connectivity index (χ2n) is 7.99. The van der Waals surface area contributed by atoms with E-state index < -0.39 is 0 Å². The first-order valence-corrected chi connectivity index (χ1v) is 10.3. The van der Waals surface area contributed by atoms with Crippen molar-refractivity contribution in [2.75, 3.05) is 6.54 Å². The van der Waals surface area contributed by atoms with Gasteiger partial charge in [-0.05, 0) is 62.9 Å². The van der Waals surface area contributed by atoms with Gasteiger partial charge in [0.1, 0.15) is 5.82 Å². The van der Waals surface area contributed by atoms with E-state index in [1.54, 1.807) is 4.90 Å². The second-order valence-corrected chi connectivity index (χ2v) is 7.99. The summed E-state index contributed by atoms with van der Waals surface area (Å²) in [6, 6.07) is 13.8. The Morgan fingerprint density at radius 3 is 2.55 bits per heavy atom. The van der Waals surface area contributed by atoms with Gasteiger partial charge >= 0.3 is 0 Å². The summed E-state index contributed by atoms with van der Waals surface area (Å²) in [4.78, 5) is 27.8. The molecule has 1 aliphatic rings. The third-order valence-corrected chi connectivity index (χ3v) is 5.73. The number of carbonyl (C=O) groups is 2. The lowest BCUT2D eigenvalue weighted by Gasteiger charge is -2.40. The molecule has 154 valence electrons. The molecule has 29 heavy (non-hydrogen) atoms. The zero-order valence-corrected chi connectivity index (χ0v) is 17.3. The lowest BCUT2D eigenvalue weighted by Crippen LogP contribution is -2.48. The molecule has 3 rings (SSSR count). The first-order chi connectivity index (χ1) is 13.9. The minimum absolute atomic E-state index is 0.000974. The van der Waals surface area contributed by atoms with Crippen molar-refractivity contribution in [3.63, 3.8) is 0 Å². The van der Waals surface area contributed by atoms with Gasteiger partial charge in [0.25, 0.3) is 5.91 Å². The quantitative estimate of drug-likeness (QED) is 0.800. The number of nitrogens with one attached hydrogen (secondary N) is 1. The Balaban J connectivity index is 1.88. The standard InChI is InChI=1S/C24H29FN2O2/c1-4-17(3)26-23(28)20-10-13-22(19-7-5-6-16(2)14-19)27(15-20)24(29)18-8-11-21(25)12-9-18/h5-9,11-12,14,17,20,22H,4,10,13,15H2,1-3H3,(H,26,28)/t17-,20-,22+/m0/s1. The number of rotatable bonds is 5. The Hall–Kier alpha value is -2.69. The van der Waals surface area contributed by atoms with E-state index in [0.717, 1.165) is 30.4 Å². The van der Waals surface area contributed by atoms with Crippen LogP contribution in [-0.4, -0.2) is 29.3 Å². The van der Waals surface area contributed by atoms with Crippen molar-refractivity contribution in [3.8, 4) is 0 Å². The van der Waals surface area contributed by atoms with Gasteiger partial charge in [-0.25, -0.2) is 4.39 Å². The van der Waals surface area contributed by atoms with E-state index in [1.165, 1.54) is 24.3 Å². The number of benzene rings is 2. The molecule has 1 aliphatic heterocycles. The topological polar surface area (TPSA) is 49.4 Å². The average molecular weight is 397 g/mol. The van der Waals surface area contributed by atoms with Crippen LogP contribution in [0.2, 0.25) is 0 Å². The normalized spacial score (nSPS) is 20.2. The number of halogens is 1.